The number of rotatable bonds is 6. The fourth-order valence-electron chi connectivity index (χ4n) is 1.53. The van der Waals surface area contributed by atoms with Crippen LogP contribution in [0.2, 0.25) is 0 Å². The molecule has 0 aromatic carbocycles. The van der Waals surface area contributed by atoms with E-state index in [1.807, 2.05) is 26.8 Å². The van der Waals surface area contributed by atoms with Gasteiger partial charge in [-0.25, -0.2) is 9.97 Å². The molecule has 4 nitrogen and oxygen atoms in total. The van der Waals surface area contributed by atoms with E-state index in [1.54, 1.807) is 6.20 Å². The van der Waals surface area contributed by atoms with Gasteiger partial charge < -0.3 is 10.4 Å². The molecule has 0 aliphatic heterocycles. The third kappa shape index (κ3) is 3.87. The van der Waals surface area contributed by atoms with Gasteiger partial charge in [-0.2, -0.15) is 0 Å². The first-order valence-electron chi connectivity index (χ1n) is 5.81. The third-order valence-electron chi connectivity index (χ3n) is 2.91. The molecule has 0 aliphatic carbocycles. The topological polar surface area (TPSA) is 58.0 Å². The molecule has 0 unspecified atom stereocenters. The van der Waals surface area contributed by atoms with E-state index in [-0.39, 0.29) is 0 Å². The minimum Gasteiger partial charge on any atom is -0.389 e. The molecular weight excluding hydrogens is 202 g/mol. The van der Waals surface area contributed by atoms with E-state index in [1.165, 1.54) is 0 Å². The highest BCUT2D eigenvalue weighted by Gasteiger charge is 2.21. The lowest BCUT2D eigenvalue weighted by atomic mass is 9.98. The first-order chi connectivity index (χ1) is 7.59. The Bertz CT molecular complexity index is 324. The molecule has 1 aromatic rings. The molecule has 90 valence electrons. The van der Waals surface area contributed by atoms with Gasteiger partial charge in [0.15, 0.2) is 0 Å². The number of hydrogen-bond donors (Lipinski definition) is 2. The molecule has 16 heavy (non-hydrogen) atoms. The largest absolute Gasteiger partial charge is 0.389 e. The highest BCUT2D eigenvalue weighted by molar-refractivity contribution is 5.01. The number of aliphatic hydroxyl groups is 1. The normalized spacial score (nSPS) is 11.8. The van der Waals surface area contributed by atoms with E-state index in [4.69, 9.17) is 0 Å². The Kier molecular flexibility index (Phi) is 4.83. The van der Waals surface area contributed by atoms with Crippen LogP contribution in [0.25, 0.3) is 0 Å². The van der Waals surface area contributed by atoms with Crippen LogP contribution in [0, 0.1) is 6.92 Å². The van der Waals surface area contributed by atoms with E-state index in [0.717, 1.165) is 24.4 Å². The molecule has 0 saturated carbocycles. The summed E-state index contributed by atoms with van der Waals surface area (Å²) in [7, 11) is 0. The standard InChI is InChI=1S/C12H21N3O/c1-4-12(16,5-2)9-13-8-11-6-7-14-10(3)15-11/h6-7,13,16H,4-5,8-9H2,1-3H3. The average Bonchev–Trinajstić information content (AvgIpc) is 2.29. The number of nitrogens with zero attached hydrogens (tertiary/aromatic N) is 2. The molecule has 0 spiro atoms. The van der Waals surface area contributed by atoms with Gasteiger partial charge in [-0.15, -0.1) is 0 Å². The molecule has 1 aromatic heterocycles. The number of nitrogens with one attached hydrogen (secondary N) is 1. The van der Waals surface area contributed by atoms with Crippen molar-refractivity contribution >= 4 is 0 Å². The van der Waals surface area contributed by atoms with Crippen molar-refractivity contribution in [3.63, 3.8) is 0 Å². The van der Waals surface area contributed by atoms with Crippen molar-refractivity contribution in [1.29, 1.82) is 0 Å². The van der Waals surface area contributed by atoms with E-state index < -0.39 is 5.60 Å². The molecule has 1 heterocycles. The molecule has 0 bridgehead atoms. The predicted octanol–water partition coefficient (Wildman–Crippen LogP) is 1.43. The van der Waals surface area contributed by atoms with Crippen molar-refractivity contribution in [2.75, 3.05) is 6.54 Å². The first kappa shape index (κ1) is 13.1. The zero-order chi connectivity index (χ0) is 12.0. The summed E-state index contributed by atoms with van der Waals surface area (Å²) >= 11 is 0. The monoisotopic (exact) mass is 223 g/mol. The van der Waals surface area contributed by atoms with E-state index in [9.17, 15) is 5.11 Å². The zero-order valence-corrected chi connectivity index (χ0v) is 10.3. The van der Waals surface area contributed by atoms with Crippen LogP contribution in [-0.4, -0.2) is 27.2 Å². The molecule has 0 aliphatic rings. The second-order valence-corrected chi connectivity index (χ2v) is 4.13. The van der Waals surface area contributed by atoms with Crippen LogP contribution in [0.1, 0.15) is 38.2 Å². The molecule has 0 atom stereocenters. The van der Waals surface area contributed by atoms with Gasteiger partial charge in [0.05, 0.1) is 11.3 Å². The Hall–Kier alpha value is -1.00. The van der Waals surface area contributed by atoms with Crippen LogP contribution in [-0.2, 0) is 6.54 Å². The SMILES string of the molecule is CCC(O)(CC)CNCc1ccnc(C)n1. The summed E-state index contributed by atoms with van der Waals surface area (Å²) in [6.45, 7) is 7.15. The molecule has 0 radical (unpaired) electrons. The van der Waals surface area contributed by atoms with Crippen molar-refractivity contribution in [3.8, 4) is 0 Å². The van der Waals surface area contributed by atoms with Gasteiger partial charge in [0.25, 0.3) is 0 Å². The third-order valence-corrected chi connectivity index (χ3v) is 2.91. The summed E-state index contributed by atoms with van der Waals surface area (Å²) in [6.07, 6.45) is 3.28. The highest BCUT2D eigenvalue weighted by atomic mass is 16.3. The summed E-state index contributed by atoms with van der Waals surface area (Å²) in [4.78, 5) is 8.33. The lowest BCUT2D eigenvalue weighted by molar-refractivity contribution is 0.0322. The summed E-state index contributed by atoms with van der Waals surface area (Å²) in [6, 6.07) is 1.89. The Morgan fingerprint density at radius 2 is 2.06 bits per heavy atom. The molecule has 2 N–H and O–H groups in total. The number of aromatic nitrogens is 2. The molecule has 0 amide bonds. The summed E-state index contributed by atoms with van der Waals surface area (Å²) in [5.74, 6) is 0.778. The maximum atomic E-state index is 10.1. The minimum absolute atomic E-state index is 0.595. The fourth-order valence-corrected chi connectivity index (χ4v) is 1.53. The molecule has 4 heteroatoms. The minimum atomic E-state index is -0.595. The van der Waals surface area contributed by atoms with Gasteiger partial charge in [0, 0.05) is 19.3 Å². The maximum absolute atomic E-state index is 10.1. The van der Waals surface area contributed by atoms with Crippen molar-refractivity contribution in [2.45, 2.75) is 45.8 Å². The van der Waals surface area contributed by atoms with Crippen molar-refractivity contribution in [1.82, 2.24) is 15.3 Å². The van der Waals surface area contributed by atoms with Gasteiger partial charge >= 0.3 is 0 Å². The summed E-state index contributed by atoms with van der Waals surface area (Å²) in [5.41, 5.74) is 0.365. The molecule has 1 rings (SSSR count). The predicted molar refractivity (Wildman–Crippen MR) is 64.0 cm³/mol. The second kappa shape index (κ2) is 5.92. The second-order valence-electron chi connectivity index (χ2n) is 4.13. The maximum Gasteiger partial charge on any atom is 0.125 e. The Labute approximate surface area is 97.1 Å². The number of hydrogen-bond acceptors (Lipinski definition) is 4. The molecular formula is C12H21N3O. The van der Waals surface area contributed by atoms with E-state index in [2.05, 4.69) is 15.3 Å². The van der Waals surface area contributed by atoms with Gasteiger partial charge in [0.2, 0.25) is 0 Å². The smallest absolute Gasteiger partial charge is 0.125 e. The van der Waals surface area contributed by atoms with Crippen molar-refractivity contribution in [3.05, 3.63) is 23.8 Å². The number of aryl methyl sites for hydroxylation is 1. The van der Waals surface area contributed by atoms with Gasteiger partial charge in [-0.3, -0.25) is 0 Å². The van der Waals surface area contributed by atoms with Crippen LogP contribution < -0.4 is 5.32 Å². The van der Waals surface area contributed by atoms with Crippen LogP contribution in [0.3, 0.4) is 0 Å². The van der Waals surface area contributed by atoms with Crippen molar-refractivity contribution in [2.24, 2.45) is 0 Å². The van der Waals surface area contributed by atoms with Crippen molar-refractivity contribution < 1.29 is 5.11 Å². The summed E-state index contributed by atoms with van der Waals surface area (Å²) in [5, 5.41) is 13.3. The highest BCUT2D eigenvalue weighted by Crippen LogP contribution is 2.12. The van der Waals surface area contributed by atoms with Gasteiger partial charge in [0.1, 0.15) is 5.82 Å². The Morgan fingerprint density at radius 3 is 2.62 bits per heavy atom. The lowest BCUT2D eigenvalue weighted by Gasteiger charge is -2.25. The Morgan fingerprint density at radius 1 is 1.38 bits per heavy atom. The lowest BCUT2D eigenvalue weighted by Crippen LogP contribution is -2.39. The average molecular weight is 223 g/mol. The van der Waals surface area contributed by atoms with Gasteiger partial charge in [-0.05, 0) is 25.8 Å². The van der Waals surface area contributed by atoms with E-state index in [0.29, 0.717) is 13.1 Å². The fraction of sp³-hybridized carbons (Fsp3) is 0.667. The molecule has 0 fully saturated rings. The van der Waals surface area contributed by atoms with Crippen LogP contribution in [0.4, 0.5) is 0 Å². The Balaban J connectivity index is 2.41. The van der Waals surface area contributed by atoms with E-state index >= 15 is 0 Å². The van der Waals surface area contributed by atoms with Crippen LogP contribution >= 0.6 is 0 Å². The van der Waals surface area contributed by atoms with Gasteiger partial charge in [-0.1, -0.05) is 13.8 Å². The first-order valence-corrected chi connectivity index (χ1v) is 5.81. The summed E-state index contributed by atoms with van der Waals surface area (Å²) < 4.78 is 0. The van der Waals surface area contributed by atoms with Crippen LogP contribution in [0.5, 0.6) is 0 Å². The zero-order valence-electron chi connectivity index (χ0n) is 10.3. The quantitative estimate of drug-likeness (QED) is 0.766. The van der Waals surface area contributed by atoms with Crippen LogP contribution in [0.15, 0.2) is 12.3 Å². The molecule has 0 saturated heterocycles.